The minimum absolute atomic E-state index is 0.288. The van der Waals surface area contributed by atoms with Gasteiger partial charge in [-0.1, -0.05) is 0 Å². The van der Waals surface area contributed by atoms with Crippen molar-refractivity contribution < 1.29 is 14.3 Å². The molecule has 1 aromatic carbocycles. The molecule has 4 N–H and O–H groups in total. The van der Waals surface area contributed by atoms with E-state index in [2.05, 4.69) is 30.9 Å². The first-order valence-corrected chi connectivity index (χ1v) is 10.7. The van der Waals surface area contributed by atoms with Crippen LogP contribution in [0.1, 0.15) is 43.5 Å². The normalized spacial score (nSPS) is 15.1. The van der Waals surface area contributed by atoms with Gasteiger partial charge in [-0.25, -0.2) is 9.37 Å². The lowest BCUT2D eigenvalue weighted by Crippen LogP contribution is -2.42. The molecule has 0 saturated heterocycles. The zero-order valence-corrected chi connectivity index (χ0v) is 18.1. The first-order valence-electron chi connectivity index (χ1n) is 10.7. The molecular formula is C23H27FN6O2. The number of anilines is 3. The van der Waals surface area contributed by atoms with Crippen LogP contribution < -0.4 is 16.0 Å². The largest absolute Gasteiger partial charge is 0.387 e. The minimum atomic E-state index is -1.58. The molecule has 8 nitrogen and oxygen atoms in total. The summed E-state index contributed by atoms with van der Waals surface area (Å²) in [6, 6.07) is 7.70. The second kappa shape index (κ2) is 9.04. The second-order valence-electron chi connectivity index (χ2n) is 8.60. The summed E-state index contributed by atoms with van der Waals surface area (Å²) < 4.78 is 14.1. The Morgan fingerprint density at radius 3 is 2.62 bits per heavy atom. The topological polar surface area (TPSA) is 112 Å². The molecule has 1 amide bonds. The van der Waals surface area contributed by atoms with Crippen LogP contribution in [0.5, 0.6) is 0 Å². The van der Waals surface area contributed by atoms with Gasteiger partial charge in [0.2, 0.25) is 0 Å². The van der Waals surface area contributed by atoms with Crippen LogP contribution in [0.25, 0.3) is 11.0 Å². The van der Waals surface area contributed by atoms with E-state index in [-0.39, 0.29) is 12.6 Å². The highest BCUT2D eigenvalue weighted by Crippen LogP contribution is 2.28. The number of carbonyl (C=O) groups is 1. The summed E-state index contributed by atoms with van der Waals surface area (Å²) in [4.78, 5) is 25.7. The number of rotatable bonds is 8. The fourth-order valence-electron chi connectivity index (χ4n) is 3.31. The molecule has 0 spiro atoms. The maximum absolute atomic E-state index is 14.1. The third-order valence-corrected chi connectivity index (χ3v) is 5.56. The molecule has 1 atom stereocenters. The monoisotopic (exact) mass is 438 g/mol. The lowest BCUT2D eigenvalue weighted by molar-refractivity contribution is -0.00177. The van der Waals surface area contributed by atoms with Gasteiger partial charge in [-0.15, -0.1) is 0 Å². The van der Waals surface area contributed by atoms with Crippen molar-refractivity contribution in [3.8, 4) is 0 Å². The van der Waals surface area contributed by atoms with Gasteiger partial charge in [-0.05, 0) is 51.3 Å². The Morgan fingerprint density at radius 1 is 1.19 bits per heavy atom. The van der Waals surface area contributed by atoms with E-state index in [4.69, 9.17) is 0 Å². The third-order valence-electron chi connectivity index (χ3n) is 5.56. The van der Waals surface area contributed by atoms with Crippen LogP contribution >= 0.6 is 0 Å². The number of nitrogens with zero attached hydrogens (tertiary/aromatic N) is 3. The average molecular weight is 439 g/mol. The van der Waals surface area contributed by atoms with Crippen LogP contribution in [-0.2, 0) is 0 Å². The molecule has 0 unspecified atom stereocenters. The average Bonchev–Trinajstić information content (AvgIpc) is 2.73. The SMILES string of the molecule is CC(C)(O)[C@H](F)CNC(=O)c1cnc(Nc2ccc3nccnc3c2)cc1NC1CCC1. The number of hydrogen-bond acceptors (Lipinski definition) is 7. The summed E-state index contributed by atoms with van der Waals surface area (Å²) in [5.74, 6) is 0.116. The Kier molecular flexibility index (Phi) is 6.18. The van der Waals surface area contributed by atoms with Crippen LogP contribution in [0.2, 0.25) is 0 Å². The number of benzene rings is 1. The van der Waals surface area contributed by atoms with Gasteiger partial charge in [0, 0.05) is 36.4 Å². The van der Waals surface area contributed by atoms with Crippen LogP contribution in [0.15, 0.2) is 42.9 Å². The highest BCUT2D eigenvalue weighted by molar-refractivity contribution is 6.00. The second-order valence-corrected chi connectivity index (χ2v) is 8.60. The number of pyridine rings is 1. The fraction of sp³-hybridized carbons (Fsp3) is 0.391. The number of nitrogens with one attached hydrogen (secondary N) is 3. The summed E-state index contributed by atoms with van der Waals surface area (Å²) in [5.41, 5.74) is 1.77. The first kappa shape index (κ1) is 21.9. The molecule has 9 heteroatoms. The van der Waals surface area contributed by atoms with E-state index in [1.165, 1.54) is 20.0 Å². The van der Waals surface area contributed by atoms with Gasteiger partial charge in [-0.2, -0.15) is 0 Å². The van der Waals surface area contributed by atoms with E-state index < -0.39 is 17.7 Å². The third kappa shape index (κ3) is 5.11. The Bertz CT molecular complexity index is 1110. The molecule has 1 aliphatic carbocycles. The maximum atomic E-state index is 14.1. The zero-order valence-electron chi connectivity index (χ0n) is 18.1. The predicted octanol–water partition coefficient (Wildman–Crippen LogP) is 3.57. The van der Waals surface area contributed by atoms with Gasteiger partial charge in [-0.3, -0.25) is 14.8 Å². The van der Waals surface area contributed by atoms with Gasteiger partial charge >= 0.3 is 0 Å². The van der Waals surface area contributed by atoms with Crippen molar-refractivity contribution in [1.29, 1.82) is 0 Å². The highest BCUT2D eigenvalue weighted by Gasteiger charge is 2.27. The van der Waals surface area contributed by atoms with Crippen LogP contribution in [0, 0.1) is 0 Å². The van der Waals surface area contributed by atoms with E-state index in [0.717, 1.165) is 36.0 Å². The summed E-state index contributed by atoms with van der Waals surface area (Å²) in [5, 5.41) is 18.9. The Balaban J connectivity index is 1.53. The smallest absolute Gasteiger partial charge is 0.255 e. The van der Waals surface area contributed by atoms with Crippen molar-refractivity contribution in [2.75, 3.05) is 17.2 Å². The van der Waals surface area contributed by atoms with E-state index in [9.17, 15) is 14.3 Å². The molecule has 32 heavy (non-hydrogen) atoms. The number of aromatic nitrogens is 3. The van der Waals surface area contributed by atoms with Crippen molar-refractivity contribution in [2.45, 2.75) is 50.9 Å². The van der Waals surface area contributed by atoms with Crippen LogP contribution in [-0.4, -0.2) is 50.3 Å². The molecule has 0 aliphatic heterocycles. The van der Waals surface area contributed by atoms with Gasteiger partial charge in [0.15, 0.2) is 0 Å². The number of hydrogen-bond donors (Lipinski definition) is 4. The van der Waals surface area contributed by atoms with E-state index in [0.29, 0.717) is 17.1 Å². The van der Waals surface area contributed by atoms with Crippen molar-refractivity contribution in [2.24, 2.45) is 0 Å². The van der Waals surface area contributed by atoms with Gasteiger partial charge in [0.25, 0.3) is 5.91 Å². The number of carbonyl (C=O) groups excluding carboxylic acids is 1. The number of aliphatic hydroxyl groups is 1. The molecule has 0 bridgehead atoms. The quantitative estimate of drug-likeness (QED) is 0.425. The molecule has 3 aromatic rings. The molecular weight excluding hydrogens is 411 g/mol. The van der Waals surface area contributed by atoms with Gasteiger partial charge in [0.05, 0.1) is 34.4 Å². The zero-order chi connectivity index (χ0) is 22.7. The number of fused-ring (bicyclic) bond motifs is 1. The van der Waals surface area contributed by atoms with Crippen molar-refractivity contribution in [3.63, 3.8) is 0 Å². The maximum Gasteiger partial charge on any atom is 0.255 e. The molecule has 1 saturated carbocycles. The van der Waals surface area contributed by atoms with E-state index in [1.807, 2.05) is 18.2 Å². The summed E-state index contributed by atoms with van der Waals surface area (Å²) >= 11 is 0. The van der Waals surface area contributed by atoms with E-state index >= 15 is 0 Å². The molecule has 168 valence electrons. The number of amides is 1. The minimum Gasteiger partial charge on any atom is -0.387 e. The fourth-order valence-corrected chi connectivity index (χ4v) is 3.31. The van der Waals surface area contributed by atoms with Crippen molar-refractivity contribution >= 4 is 34.1 Å². The summed E-state index contributed by atoms with van der Waals surface area (Å²) in [6.07, 6.45) is 6.37. The molecule has 4 rings (SSSR count). The van der Waals surface area contributed by atoms with Gasteiger partial charge < -0.3 is 21.1 Å². The molecule has 1 fully saturated rings. The van der Waals surface area contributed by atoms with Crippen LogP contribution in [0.3, 0.4) is 0 Å². The van der Waals surface area contributed by atoms with Crippen LogP contribution in [0.4, 0.5) is 21.6 Å². The van der Waals surface area contributed by atoms with Crippen molar-refractivity contribution in [3.05, 3.63) is 48.4 Å². The molecule has 1 aliphatic rings. The van der Waals surface area contributed by atoms with E-state index in [1.54, 1.807) is 18.5 Å². The molecule has 2 heterocycles. The summed E-state index contributed by atoms with van der Waals surface area (Å²) in [7, 11) is 0. The lowest BCUT2D eigenvalue weighted by atomic mass is 9.92. The standard InChI is InChI=1S/C23H27FN6O2/c1-23(2,32)20(24)13-28-22(31)16-12-27-21(11-18(16)29-14-4-3-5-14)30-15-6-7-17-19(10-15)26-9-8-25-17/h6-12,14,20,32H,3-5,13H2,1-2H3,(H,28,31)(H2,27,29,30)/t20-/m1/s1. The first-order chi connectivity index (χ1) is 15.3. The van der Waals surface area contributed by atoms with Crippen molar-refractivity contribution in [1.82, 2.24) is 20.3 Å². The Hall–Kier alpha value is -3.33. The van der Waals surface area contributed by atoms with Gasteiger partial charge in [0.1, 0.15) is 12.0 Å². The molecule has 2 aromatic heterocycles. The Labute approximate surface area is 185 Å². The predicted molar refractivity (Wildman–Crippen MR) is 122 cm³/mol. The Morgan fingerprint density at radius 2 is 1.94 bits per heavy atom. The summed E-state index contributed by atoms with van der Waals surface area (Å²) in [6.45, 7) is 2.45. The lowest BCUT2D eigenvalue weighted by Gasteiger charge is -2.28. The highest BCUT2D eigenvalue weighted by atomic mass is 19.1. The molecule has 0 radical (unpaired) electrons. The number of alkyl halides is 1. The number of halogens is 1.